The molecule has 4 aliphatic rings. The van der Waals surface area contributed by atoms with E-state index in [1.165, 1.54) is 44.1 Å². The minimum atomic E-state index is -0.699. The molecule has 1 aromatic rings. The number of fused-ring (bicyclic) bond motifs is 1. The molecule has 3 heterocycles. The molecule has 1 N–H and O–H groups in total. The van der Waals surface area contributed by atoms with Gasteiger partial charge >= 0.3 is 0 Å². The van der Waals surface area contributed by atoms with Crippen LogP contribution in [0, 0.1) is 5.92 Å². The number of likely N-dealkylation sites (tertiary alicyclic amines) is 1. The standard InChI is InChI=1S/C29H43N3O4/c1-2-3-14-32-27(33)24(19-22-8-6-4-5-7-9-22)30-28(34)29(32)12-15-31(16-13-29)21-23-10-11-25-26(20-23)36-18-17-35-25/h10-11,20,22,24H,2-9,12-19,21H2,1H3,(H,30,34). The van der Waals surface area contributed by atoms with Gasteiger partial charge in [-0.15, -0.1) is 0 Å². The van der Waals surface area contributed by atoms with Gasteiger partial charge in [0.1, 0.15) is 24.8 Å². The maximum Gasteiger partial charge on any atom is 0.246 e. The van der Waals surface area contributed by atoms with Crippen molar-refractivity contribution in [3.05, 3.63) is 23.8 Å². The zero-order chi connectivity index (χ0) is 25.0. The second-order valence-electron chi connectivity index (χ2n) is 11.2. The Labute approximate surface area is 215 Å². The summed E-state index contributed by atoms with van der Waals surface area (Å²) in [7, 11) is 0. The van der Waals surface area contributed by atoms with Crippen molar-refractivity contribution in [1.29, 1.82) is 0 Å². The first-order valence-electron chi connectivity index (χ1n) is 14.3. The van der Waals surface area contributed by atoms with Crippen LogP contribution in [0.1, 0.15) is 83.1 Å². The van der Waals surface area contributed by atoms with Crippen LogP contribution in [0.2, 0.25) is 0 Å². The summed E-state index contributed by atoms with van der Waals surface area (Å²) >= 11 is 0. The summed E-state index contributed by atoms with van der Waals surface area (Å²) in [6.07, 6.45) is 11.6. The maximum absolute atomic E-state index is 13.8. The number of nitrogens with zero attached hydrogens (tertiary/aromatic N) is 2. The number of ether oxygens (including phenoxy) is 2. The van der Waals surface area contributed by atoms with Crippen LogP contribution in [0.5, 0.6) is 11.5 Å². The minimum Gasteiger partial charge on any atom is -0.486 e. The summed E-state index contributed by atoms with van der Waals surface area (Å²) < 4.78 is 11.4. The van der Waals surface area contributed by atoms with Gasteiger partial charge in [-0.1, -0.05) is 57.9 Å². The van der Waals surface area contributed by atoms with Crippen LogP contribution < -0.4 is 14.8 Å². The Morgan fingerprint density at radius 1 is 1.00 bits per heavy atom. The van der Waals surface area contributed by atoms with Gasteiger partial charge in [0.25, 0.3) is 0 Å². The second-order valence-corrected chi connectivity index (χ2v) is 11.2. The lowest BCUT2D eigenvalue weighted by atomic mass is 9.80. The van der Waals surface area contributed by atoms with E-state index < -0.39 is 5.54 Å². The number of benzene rings is 1. The molecule has 198 valence electrons. The summed E-state index contributed by atoms with van der Waals surface area (Å²) in [5, 5.41) is 3.22. The molecule has 1 unspecified atom stereocenters. The number of hydrogen-bond donors (Lipinski definition) is 1. The van der Waals surface area contributed by atoms with Crippen molar-refractivity contribution < 1.29 is 19.1 Å². The highest BCUT2D eigenvalue weighted by Crippen LogP contribution is 2.37. The molecule has 1 atom stereocenters. The van der Waals surface area contributed by atoms with Gasteiger partial charge in [-0.25, -0.2) is 0 Å². The number of piperidine rings is 1. The number of unbranched alkanes of at least 4 members (excludes halogenated alkanes) is 1. The molecule has 0 aromatic heterocycles. The van der Waals surface area contributed by atoms with Crippen molar-refractivity contribution in [2.75, 3.05) is 32.8 Å². The van der Waals surface area contributed by atoms with E-state index in [9.17, 15) is 9.59 Å². The van der Waals surface area contributed by atoms with E-state index in [-0.39, 0.29) is 17.9 Å². The number of amides is 2. The van der Waals surface area contributed by atoms with E-state index >= 15 is 0 Å². The molecular weight excluding hydrogens is 454 g/mol. The lowest BCUT2D eigenvalue weighted by Crippen LogP contribution is -2.73. The number of nitrogens with one attached hydrogen (secondary N) is 1. The summed E-state index contributed by atoms with van der Waals surface area (Å²) in [5.74, 6) is 2.42. The maximum atomic E-state index is 13.8. The molecule has 2 amide bonds. The summed E-state index contributed by atoms with van der Waals surface area (Å²) in [4.78, 5) is 31.9. The van der Waals surface area contributed by atoms with Gasteiger partial charge in [-0.05, 0) is 49.3 Å². The SMILES string of the molecule is CCCCN1C(=O)C(CC2CCCCCC2)NC(=O)C12CCN(Cc1ccc3c(c1)OCCO3)CC2. The van der Waals surface area contributed by atoms with E-state index in [2.05, 4.69) is 29.3 Å². The summed E-state index contributed by atoms with van der Waals surface area (Å²) in [5.41, 5.74) is 0.487. The smallest absolute Gasteiger partial charge is 0.246 e. The van der Waals surface area contributed by atoms with Gasteiger partial charge in [-0.3, -0.25) is 14.5 Å². The van der Waals surface area contributed by atoms with Crippen molar-refractivity contribution >= 4 is 11.8 Å². The van der Waals surface area contributed by atoms with E-state index in [0.29, 0.717) is 38.5 Å². The molecule has 0 bridgehead atoms. The second kappa shape index (κ2) is 11.4. The Bertz CT molecular complexity index is 919. The molecule has 7 nitrogen and oxygen atoms in total. The highest BCUT2D eigenvalue weighted by molar-refractivity contribution is 6.00. The Morgan fingerprint density at radius 2 is 1.72 bits per heavy atom. The summed E-state index contributed by atoms with van der Waals surface area (Å²) in [6.45, 7) is 6.42. The predicted octanol–water partition coefficient (Wildman–Crippen LogP) is 4.28. The lowest BCUT2D eigenvalue weighted by Gasteiger charge is -2.52. The van der Waals surface area contributed by atoms with Crippen molar-refractivity contribution in [3.63, 3.8) is 0 Å². The molecule has 36 heavy (non-hydrogen) atoms. The highest BCUT2D eigenvalue weighted by atomic mass is 16.6. The number of piperazine rings is 1. The van der Waals surface area contributed by atoms with Crippen LogP contribution in [-0.2, 0) is 16.1 Å². The Hall–Kier alpha value is -2.28. The van der Waals surface area contributed by atoms with Crippen molar-refractivity contribution in [1.82, 2.24) is 15.1 Å². The van der Waals surface area contributed by atoms with Crippen LogP contribution in [-0.4, -0.2) is 66.0 Å². The van der Waals surface area contributed by atoms with E-state index in [1.54, 1.807) is 0 Å². The van der Waals surface area contributed by atoms with Gasteiger partial charge in [0, 0.05) is 26.2 Å². The normalized spacial score (nSPS) is 25.0. The van der Waals surface area contributed by atoms with Crippen molar-refractivity contribution in [3.8, 4) is 11.5 Å². The monoisotopic (exact) mass is 497 g/mol. The van der Waals surface area contributed by atoms with Crippen molar-refractivity contribution in [2.45, 2.75) is 95.7 Å². The molecule has 1 aromatic carbocycles. The fourth-order valence-corrected chi connectivity index (χ4v) is 6.63. The molecule has 3 fully saturated rings. The Balaban J connectivity index is 1.25. The van der Waals surface area contributed by atoms with Gasteiger partial charge in [0.15, 0.2) is 11.5 Å². The topological polar surface area (TPSA) is 71.1 Å². The quantitative estimate of drug-likeness (QED) is 0.570. The first-order chi connectivity index (χ1) is 17.6. The van der Waals surface area contributed by atoms with Gasteiger partial charge in [0.2, 0.25) is 11.8 Å². The van der Waals surface area contributed by atoms with E-state index in [1.807, 2.05) is 11.0 Å². The van der Waals surface area contributed by atoms with Crippen LogP contribution in [0.3, 0.4) is 0 Å². The first-order valence-corrected chi connectivity index (χ1v) is 14.3. The van der Waals surface area contributed by atoms with Crippen molar-refractivity contribution in [2.24, 2.45) is 5.92 Å². The first kappa shape index (κ1) is 25.4. The van der Waals surface area contributed by atoms with Crippen LogP contribution in [0.15, 0.2) is 18.2 Å². The van der Waals surface area contributed by atoms with Gasteiger partial charge < -0.3 is 19.7 Å². The third-order valence-electron chi connectivity index (χ3n) is 8.78. The number of rotatable bonds is 7. The average molecular weight is 498 g/mol. The fraction of sp³-hybridized carbons (Fsp3) is 0.724. The zero-order valence-electron chi connectivity index (χ0n) is 21.9. The third-order valence-corrected chi connectivity index (χ3v) is 8.78. The molecule has 0 radical (unpaired) electrons. The zero-order valence-corrected chi connectivity index (χ0v) is 21.9. The summed E-state index contributed by atoms with van der Waals surface area (Å²) in [6, 6.07) is 5.81. The van der Waals surface area contributed by atoms with E-state index in [0.717, 1.165) is 50.4 Å². The Morgan fingerprint density at radius 3 is 2.44 bits per heavy atom. The van der Waals surface area contributed by atoms with Crippen LogP contribution in [0.25, 0.3) is 0 Å². The molecule has 3 aliphatic heterocycles. The highest BCUT2D eigenvalue weighted by Gasteiger charge is 2.53. The molecule has 2 saturated heterocycles. The number of carbonyl (C=O) groups is 2. The molecule has 5 rings (SSSR count). The van der Waals surface area contributed by atoms with Crippen LogP contribution in [0.4, 0.5) is 0 Å². The van der Waals surface area contributed by atoms with Gasteiger partial charge in [0.05, 0.1) is 0 Å². The molecule has 7 heteroatoms. The molecular formula is C29H43N3O4. The number of hydrogen-bond acceptors (Lipinski definition) is 5. The minimum absolute atomic E-state index is 0.0794. The molecule has 1 spiro atoms. The predicted molar refractivity (Wildman–Crippen MR) is 139 cm³/mol. The number of carbonyl (C=O) groups excluding carboxylic acids is 2. The Kier molecular flexibility index (Phi) is 8.04. The average Bonchev–Trinajstić information content (AvgIpc) is 3.17. The molecule has 1 saturated carbocycles. The largest absolute Gasteiger partial charge is 0.486 e. The fourth-order valence-electron chi connectivity index (χ4n) is 6.63. The third kappa shape index (κ3) is 5.36. The van der Waals surface area contributed by atoms with Gasteiger partial charge in [-0.2, -0.15) is 0 Å². The molecule has 1 aliphatic carbocycles. The lowest BCUT2D eigenvalue weighted by molar-refractivity contribution is -0.162. The van der Waals surface area contributed by atoms with E-state index in [4.69, 9.17) is 9.47 Å². The van der Waals surface area contributed by atoms with Crippen LogP contribution >= 0.6 is 0 Å².